The number of hydrogen-bond donors (Lipinski definition) is 1. The Balaban J connectivity index is 1.53. The molecule has 0 bridgehead atoms. The normalized spacial score (nSPS) is 16.4. The fraction of sp³-hybridized carbons (Fsp3) is 0.409. The maximum absolute atomic E-state index is 14.2. The summed E-state index contributed by atoms with van der Waals surface area (Å²) in [6.07, 6.45) is 0.279. The van der Waals surface area contributed by atoms with Gasteiger partial charge in [0.25, 0.3) is 0 Å². The van der Waals surface area contributed by atoms with Gasteiger partial charge in [0.05, 0.1) is 29.9 Å². The van der Waals surface area contributed by atoms with Gasteiger partial charge in [-0.15, -0.1) is 0 Å². The van der Waals surface area contributed by atoms with Crippen molar-refractivity contribution < 1.29 is 30.8 Å². The number of hydrogen-bond acceptors (Lipinski definition) is 7. The number of ether oxygens (including phenoxy) is 1. The summed E-state index contributed by atoms with van der Waals surface area (Å²) in [7, 11) is -5.41. The Hall–Kier alpha value is -2.34. The standard InChI is InChI=1S/C22H27FN2O6S2/c1-31-22(26)19-5-6-20(21(23)14-19)15-24-33(29,30)10-7-17-3-2-4-18(13-17)16-25-8-11-32(27,28)12-9-25/h2-6,13-14,24H,7-12,15-16H2,1H3. The van der Waals surface area contributed by atoms with Crippen molar-refractivity contribution in [1.82, 2.24) is 9.62 Å². The highest BCUT2D eigenvalue weighted by Crippen LogP contribution is 2.14. The van der Waals surface area contributed by atoms with Gasteiger partial charge in [-0.05, 0) is 29.7 Å². The van der Waals surface area contributed by atoms with Gasteiger partial charge in [-0.1, -0.05) is 30.3 Å². The third kappa shape index (κ3) is 7.60. The quantitative estimate of drug-likeness (QED) is 0.522. The molecule has 0 saturated carbocycles. The van der Waals surface area contributed by atoms with Crippen molar-refractivity contribution in [2.45, 2.75) is 19.5 Å². The Morgan fingerprint density at radius 3 is 2.48 bits per heavy atom. The average Bonchev–Trinajstić information content (AvgIpc) is 2.78. The first-order chi connectivity index (χ1) is 15.6. The van der Waals surface area contributed by atoms with Gasteiger partial charge in [-0.25, -0.2) is 30.7 Å². The number of nitrogens with one attached hydrogen (secondary N) is 1. The molecule has 8 nitrogen and oxygen atoms in total. The third-order valence-corrected chi connectivity index (χ3v) is 8.39. The molecule has 0 amide bonds. The monoisotopic (exact) mass is 498 g/mol. The molecule has 33 heavy (non-hydrogen) atoms. The number of methoxy groups -OCH3 is 1. The van der Waals surface area contributed by atoms with Gasteiger partial charge in [0.1, 0.15) is 5.82 Å². The maximum Gasteiger partial charge on any atom is 0.337 e. The number of nitrogens with zero attached hydrogens (tertiary/aromatic N) is 1. The van der Waals surface area contributed by atoms with Crippen LogP contribution in [0.4, 0.5) is 4.39 Å². The Morgan fingerprint density at radius 1 is 1.12 bits per heavy atom. The molecule has 0 atom stereocenters. The summed E-state index contributed by atoms with van der Waals surface area (Å²) in [5, 5.41) is 0. The Kier molecular flexibility index (Phi) is 8.22. The summed E-state index contributed by atoms with van der Waals surface area (Å²) < 4.78 is 69.0. The van der Waals surface area contributed by atoms with Crippen molar-refractivity contribution in [3.63, 3.8) is 0 Å². The predicted molar refractivity (Wildman–Crippen MR) is 122 cm³/mol. The molecular weight excluding hydrogens is 471 g/mol. The molecule has 0 radical (unpaired) electrons. The Labute approximate surface area is 193 Å². The number of esters is 1. The van der Waals surface area contributed by atoms with Crippen LogP contribution >= 0.6 is 0 Å². The van der Waals surface area contributed by atoms with Crippen molar-refractivity contribution in [2.75, 3.05) is 37.5 Å². The average molecular weight is 499 g/mol. The lowest BCUT2D eigenvalue weighted by Gasteiger charge is -2.26. The van der Waals surface area contributed by atoms with Crippen LogP contribution in [-0.4, -0.2) is 65.2 Å². The van der Waals surface area contributed by atoms with Gasteiger partial charge in [0, 0.05) is 31.7 Å². The van der Waals surface area contributed by atoms with Crippen LogP contribution in [-0.2, 0) is 44.1 Å². The lowest BCUT2D eigenvalue weighted by molar-refractivity contribution is 0.0600. The van der Waals surface area contributed by atoms with Crippen LogP contribution in [0, 0.1) is 5.82 Å². The number of aryl methyl sites for hydroxylation is 1. The second-order valence-corrected chi connectivity index (χ2v) is 12.2. The molecular formula is C22H27FN2O6S2. The minimum absolute atomic E-state index is 0.0488. The van der Waals surface area contributed by atoms with Crippen LogP contribution in [0.1, 0.15) is 27.0 Å². The van der Waals surface area contributed by atoms with E-state index in [1.807, 2.05) is 24.3 Å². The first kappa shape index (κ1) is 25.3. The van der Waals surface area contributed by atoms with Crippen LogP contribution in [0.2, 0.25) is 0 Å². The van der Waals surface area contributed by atoms with E-state index < -0.39 is 31.6 Å². The van der Waals surface area contributed by atoms with E-state index in [-0.39, 0.29) is 41.4 Å². The number of sulfone groups is 1. The molecule has 1 saturated heterocycles. The molecule has 2 aromatic rings. The fourth-order valence-electron chi connectivity index (χ4n) is 3.50. The van der Waals surface area contributed by atoms with Crippen molar-refractivity contribution in [3.05, 3.63) is 70.5 Å². The second-order valence-electron chi connectivity index (χ2n) is 7.94. The van der Waals surface area contributed by atoms with Crippen molar-refractivity contribution >= 4 is 25.8 Å². The summed E-state index contributed by atoms with van der Waals surface area (Å²) in [6, 6.07) is 11.3. The zero-order valence-electron chi connectivity index (χ0n) is 18.3. The van der Waals surface area contributed by atoms with Gasteiger partial charge >= 0.3 is 5.97 Å². The molecule has 2 aromatic carbocycles. The molecule has 1 fully saturated rings. The van der Waals surface area contributed by atoms with Crippen LogP contribution in [0.3, 0.4) is 0 Å². The zero-order valence-corrected chi connectivity index (χ0v) is 19.9. The lowest BCUT2D eigenvalue weighted by Crippen LogP contribution is -2.39. The number of carbonyl (C=O) groups excluding carboxylic acids is 1. The molecule has 0 unspecified atom stereocenters. The van der Waals surface area contributed by atoms with Crippen LogP contribution in [0.15, 0.2) is 42.5 Å². The Morgan fingerprint density at radius 2 is 1.82 bits per heavy atom. The van der Waals surface area contributed by atoms with Crippen molar-refractivity contribution in [3.8, 4) is 0 Å². The lowest BCUT2D eigenvalue weighted by atomic mass is 10.1. The topological polar surface area (TPSA) is 110 Å². The smallest absolute Gasteiger partial charge is 0.337 e. The molecule has 0 aliphatic carbocycles. The van der Waals surface area contributed by atoms with Crippen molar-refractivity contribution in [2.24, 2.45) is 0 Å². The maximum atomic E-state index is 14.2. The first-order valence-corrected chi connectivity index (χ1v) is 13.9. The van der Waals surface area contributed by atoms with E-state index in [0.717, 1.165) is 17.2 Å². The molecule has 0 aromatic heterocycles. The summed E-state index contributed by atoms with van der Waals surface area (Å²) in [5.41, 5.74) is 2.01. The van der Waals surface area contributed by atoms with Gasteiger partial charge in [-0.2, -0.15) is 0 Å². The molecule has 1 aliphatic rings. The van der Waals surface area contributed by atoms with Gasteiger partial charge in [0.15, 0.2) is 9.84 Å². The zero-order chi connectivity index (χ0) is 24.1. The van der Waals surface area contributed by atoms with E-state index in [2.05, 4.69) is 14.4 Å². The number of sulfonamides is 1. The van der Waals surface area contributed by atoms with E-state index >= 15 is 0 Å². The molecule has 180 valence electrons. The first-order valence-electron chi connectivity index (χ1n) is 10.4. The largest absolute Gasteiger partial charge is 0.465 e. The molecule has 1 aliphatic heterocycles. The van der Waals surface area contributed by atoms with Gasteiger partial charge < -0.3 is 4.74 Å². The number of halogens is 1. The molecule has 3 rings (SSSR count). The summed E-state index contributed by atoms with van der Waals surface area (Å²) in [4.78, 5) is 13.5. The molecule has 1 N–H and O–H groups in total. The summed E-state index contributed by atoms with van der Waals surface area (Å²) in [5.74, 6) is -1.22. The number of rotatable bonds is 9. The molecule has 11 heteroatoms. The highest BCUT2D eigenvalue weighted by Gasteiger charge is 2.21. The Bertz CT molecular complexity index is 1200. The van der Waals surface area contributed by atoms with Crippen LogP contribution in [0.25, 0.3) is 0 Å². The van der Waals surface area contributed by atoms with E-state index in [0.29, 0.717) is 19.6 Å². The van der Waals surface area contributed by atoms with Gasteiger partial charge in [0.2, 0.25) is 10.0 Å². The van der Waals surface area contributed by atoms with E-state index in [9.17, 15) is 26.0 Å². The SMILES string of the molecule is COC(=O)c1ccc(CNS(=O)(=O)CCc2cccc(CN3CCS(=O)(=O)CC3)c2)c(F)c1. The number of benzene rings is 2. The number of carbonyl (C=O) groups is 1. The van der Waals surface area contributed by atoms with E-state index in [4.69, 9.17) is 0 Å². The second kappa shape index (κ2) is 10.7. The molecule has 0 spiro atoms. The van der Waals surface area contributed by atoms with Crippen LogP contribution in [0.5, 0.6) is 0 Å². The highest BCUT2D eigenvalue weighted by atomic mass is 32.2. The van der Waals surface area contributed by atoms with Crippen LogP contribution < -0.4 is 4.72 Å². The van der Waals surface area contributed by atoms with E-state index in [1.165, 1.54) is 19.2 Å². The fourth-order valence-corrected chi connectivity index (χ4v) is 5.80. The third-order valence-electron chi connectivity index (χ3n) is 5.45. The molecule has 1 heterocycles. The highest BCUT2D eigenvalue weighted by molar-refractivity contribution is 7.91. The summed E-state index contributed by atoms with van der Waals surface area (Å²) in [6.45, 7) is 1.35. The summed E-state index contributed by atoms with van der Waals surface area (Å²) >= 11 is 0. The van der Waals surface area contributed by atoms with Gasteiger partial charge in [-0.3, -0.25) is 4.90 Å². The minimum Gasteiger partial charge on any atom is -0.465 e. The predicted octanol–water partition coefficient (Wildman–Crippen LogP) is 1.50. The van der Waals surface area contributed by atoms with E-state index in [1.54, 1.807) is 0 Å². The minimum atomic E-state index is -3.66. The van der Waals surface area contributed by atoms with Crippen molar-refractivity contribution in [1.29, 1.82) is 0 Å².